The summed E-state index contributed by atoms with van der Waals surface area (Å²) in [5, 5.41) is 15.1. The van der Waals surface area contributed by atoms with E-state index in [1.165, 1.54) is 27.6 Å². The van der Waals surface area contributed by atoms with Gasteiger partial charge in [-0.1, -0.05) is 52.4 Å². The number of hydrogen-bond acceptors (Lipinski definition) is 7. The van der Waals surface area contributed by atoms with Crippen LogP contribution in [0.2, 0.25) is 10.0 Å². The van der Waals surface area contributed by atoms with E-state index < -0.39 is 0 Å². The Hall–Kier alpha value is -1.68. The van der Waals surface area contributed by atoms with E-state index in [1.807, 2.05) is 0 Å². The molecule has 2 heterocycles. The van der Waals surface area contributed by atoms with Gasteiger partial charge in [-0.2, -0.15) is 4.52 Å². The van der Waals surface area contributed by atoms with E-state index in [4.69, 9.17) is 23.2 Å². The molecule has 1 amide bonds. The Morgan fingerprint density at radius 3 is 2.96 bits per heavy atom. The Kier molecular flexibility index (Phi) is 5.04. The lowest BCUT2D eigenvalue weighted by atomic mass is 10.3. The molecule has 0 saturated heterocycles. The molecular formula is C13H9Cl2N5O2S2. The Bertz CT molecular complexity index is 988. The fraction of sp³-hybridized carbons (Fsp3) is 0.154. The van der Waals surface area contributed by atoms with Gasteiger partial charge < -0.3 is 5.32 Å². The van der Waals surface area contributed by atoms with Crippen molar-refractivity contribution in [2.24, 2.45) is 0 Å². The number of nitrogens with one attached hydrogen (secondary N) is 1. The highest BCUT2D eigenvalue weighted by molar-refractivity contribution is 8.01. The number of aromatic nitrogens is 4. The third-order valence-corrected chi connectivity index (χ3v) is 5.73. The second kappa shape index (κ2) is 7.06. The van der Waals surface area contributed by atoms with Crippen LogP contribution in [0.3, 0.4) is 0 Å². The second-order valence-corrected chi connectivity index (χ2v) is 7.55. The summed E-state index contributed by atoms with van der Waals surface area (Å²) in [6, 6.07) is 4.99. The minimum atomic E-state index is -0.321. The van der Waals surface area contributed by atoms with Gasteiger partial charge in [-0.05, 0) is 19.1 Å². The van der Waals surface area contributed by atoms with Gasteiger partial charge in [0.25, 0.3) is 5.56 Å². The number of anilines is 1. The van der Waals surface area contributed by atoms with Crippen LogP contribution in [0.25, 0.3) is 4.96 Å². The van der Waals surface area contributed by atoms with E-state index >= 15 is 0 Å². The number of benzene rings is 1. The van der Waals surface area contributed by atoms with Crippen LogP contribution in [0.4, 0.5) is 5.69 Å². The van der Waals surface area contributed by atoms with Gasteiger partial charge >= 0.3 is 0 Å². The molecule has 3 rings (SSSR count). The lowest BCUT2D eigenvalue weighted by Gasteiger charge is -2.07. The first-order chi connectivity index (χ1) is 11.5. The number of aryl methyl sites for hydroxylation is 1. The molecule has 2 aromatic heterocycles. The molecule has 11 heteroatoms. The molecule has 1 aromatic carbocycles. The summed E-state index contributed by atoms with van der Waals surface area (Å²) in [5.41, 5.74) is 0.387. The number of carbonyl (C=O) groups excluding carboxylic acids is 1. The van der Waals surface area contributed by atoms with Crippen molar-refractivity contribution in [1.82, 2.24) is 19.8 Å². The predicted molar refractivity (Wildman–Crippen MR) is 95.5 cm³/mol. The molecule has 0 aliphatic carbocycles. The summed E-state index contributed by atoms with van der Waals surface area (Å²) in [7, 11) is 0. The van der Waals surface area contributed by atoms with Crippen LogP contribution in [0, 0.1) is 6.92 Å². The number of halogens is 2. The van der Waals surface area contributed by atoms with Crippen molar-refractivity contribution >= 4 is 62.9 Å². The minimum absolute atomic E-state index is 0.101. The maximum atomic E-state index is 12.0. The minimum Gasteiger partial charge on any atom is -0.324 e. The quantitative estimate of drug-likeness (QED) is 0.675. The van der Waals surface area contributed by atoms with Gasteiger partial charge in [0, 0.05) is 0 Å². The number of amides is 1. The molecule has 0 spiro atoms. The van der Waals surface area contributed by atoms with Crippen LogP contribution in [-0.4, -0.2) is 31.5 Å². The smallest absolute Gasteiger partial charge is 0.296 e. The molecule has 0 bridgehead atoms. The van der Waals surface area contributed by atoms with Crippen LogP contribution >= 0.6 is 46.3 Å². The summed E-state index contributed by atoms with van der Waals surface area (Å²) in [4.78, 5) is 24.3. The maximum Gasteiger partial charge on any atom is 0.296 e. The highest BCUT2D eigenvalue weighted by atomic mass is 35.5. The maximum absolute atomic E-state index is 12.0. The van der Waals surface area contributed by atoms with Gasteiger partial charge in [0.2, 0.25) is 10.9 Å². The molecule has 1 N–H and O–H groups in total. The van der Waals surface area contributed by atoms with E-state index in [2.05, 4.69) is 20.6 Å². The van der Waals surface area contributed by atoms with Crippen molar-refractivity contribution in [3.05, 3.63) is 44.3 Å². The number of carbonyl (C=O) groups is 1. The summed E-state index contributed by atoms with van der Waals surface area (Å²) < 4.78 is 1.72. The van der Waals surface area contributed by atoms with Crippen molar-refractivity contribution < 1.29 is 4.79 Å². The van der Waals surface area contributed by atoms with Crippen LogP contribution in [-0.2, 0) is 4.79 Å². The zero-order valence-corrected chi connectivity index (χ0v) is 15.3. The molecule has 7 nitrogen and oxygen atoms in total. The second-order valence-electron chi connectivity index (χ2n) is 4.59. The van der Waals surface area contributed by atoms with Gasteiger partial charge in [0.1, 0.15) is 5.69 Å². The van der Waals surface area contributed by atoms with E-state index in [-0.39, 0.29) is 27.9 Å². The molecule has 0 aliphatic rings. The van der Waals surface area contributed by atoms with Gasteiger partial charge in [0.05, 0.1) is 21.5 Å². The van der Waals surface area contributed by atoms with Gasteiger partial charge in [-0.25, -0.2) is 0 Å². The van der Waals surface area contributed by atoms with E-state index in [1.54, 1.807) is 25.1 Å². The average molecular weight is 402 g/mol. The first kappa shape index (κ1) is 17.2. The zero-order chi connectivity index (χ0) is 17.3. The van der Waals surface area contributed by atoms with Crippen LogP contribution in [0.5, 0.6) is 0 Å². The predicted octanol–water partition coefficient (Wildman–Crippen LogP) is 2.89. The van der Waals surface area contributed by atoms with Gasteiger partial charge in [-0.3, -0.25) is 9.59 Å². The standard InChI is InChI=1S/C13H9Cl2N5O2S2/c1-6-11(22)20-12(18-17-6)24-13(19-20)23-5-9(21)16-8-4-2-3-7(14)10(8)15/h2-4H,5H2,1H3,(H,16,21). The SMILES string of the molecule is Cc1nnc2sc(SCC(=O)Nc3cccc(Cl)c3Cl)nn2c1=O. The highest BCUT2D eigenvalue weighted by Gasteiger charge is 2.13. The normalized spacial score (nSPS) is 11.0. The molecule has 3 aromatic rings. The molecule has 0 unspecified atom stereocenters. The Morgan fingerprint density at radius 1 is 1.38 bits per heavy atom. The van der Waals surface area contributed by atoms with Crippen LogP contribution in [0.15, 0.2) is 27.3 Å². The molecular weight excluding hydrogens is 393 g/mol. The Balaban J connectivity index is 1.69. The summed E-state index contributed by atoms with van der Waals surface area (Å²) in [6.07, 6.45) is 0. The number of thioether (sulfide) groups is 1. The van der Waals surface area contributed by atoms with Crippen molar-refractivity contribution in [1.29, 1.82) is 0 Å². The Morgan fingerprint density at radius 2 is 2.17 bits per heavy atom. The van der Waals surface area contributed by atoms with Gasteiger partial charge in [-0.15, -0.1) is 15.3 Å². The molecule has 0 atom stereocenters. The van der Waals surface area contributed by atoms with Crippen LogP contribution < -0.4 is 10.9 Å². The molecule has 124 valence electrons. The zero-order valence-electron chi connectivity index (χ0n) is 12.1. The van der Waals surface area contributed by atoms with Gasteiger partial charge in [0.15, 0.2) is 4.34 Å². The lowest BCUT2D eigenvalue weighted by Crippen LogP contribution is -2.19. The lowest BCUT2D eigenvalue weighted by molar-refractivity contribution is -0.113. The van der Waals surface area contributed by atoms with E-state index in [0.29, 0.717) is 20.0 Å². The third kappa shape index (κ3) is 3.54. The topological polar surface area (TPSA) is 89.2 Å². The monoisotopic (exact) mass is 401 g/mol. The Labute approximate surface area is 154 Å². The first-order valence-electron chi connectivity index (χ1n) is 6.55. The highest BCUT2D eigenvalue weighted by Crippen LogP contribution is 2.30. The van der Waals surface area contributed by atoms with E-state index in [9.17, 15) is 9.59 Å². The van der Waals surface area contributed by atoms with Crippen LogP contribution in [0.1, 0.15) is 5.69 Å². The summed E-state index contributed by atoms with van der Waals surface area (Å²) in [6.45, 7) is 1.57. The van der Waals surface area contributed by atoms with Crippen molar-refractivity contribution in [2.45, 2.75) is 11.3 Å². The third-order valence-electron chi connectivity index (χ3n) is 2.88. The molecule has 24 heavy (non-hydrogen) atoms. The van der Waals surface area contributed by atoms with Crippen molar-refractivity contribution in [3.8, 4) is 0 Å². The summed E-state index contributed by atoms with van der Waals surface area (Å²) in [5.74, 6) is -0.165. The number of rotatable bonds is 4. The fourth-order valence-electron chi connectivity index (χ4n) is 1.75. The molecule has 0 aliphatic heterocycles. The van der Waals surface area contributed by atoms with Crippen molar-refractivity contribution in [2.75, 3.05) is 11.1 Å². The molecule has 0 radical (unpaired) electrons. The fourth-order valence-corrected chi connectivity index (χ4v) is 3.77. The number of fused-ring (bicyclic) bond motifs is 1. The summed E-state index contributed by atoms with van der Waals surface area (Å²) >= 11 is 14.3. The molecule has 0 fully saturated rings. The average Bonchev–Trinajstić information content (AvgIpc) is 2.97. The largest absolute Gasteiger partial charge is 0.324 e. The molecule has 0 saturated carbocycles. The van der Waals surface area contributed by atoms with E-state index in [0.717, 1.165) is 0 Å². The van der Waals surface area contributed by atoms with Crippen molar-refractivity contribution in [3.63, 3.8) is 0 Å². The number of hydrogen-bond donors (Lipinski definition) is 1. The number of nitrogens with zero attached hydrogens (tertiary/aromatic N) is 4. The first-order valence-corrected chi connectivity index (χ1v) is 9.11.